The number of benzene rings is 2. The second-order valence-electron chi connectivity index (χ2n) is 4.87. The molecular formula is C17H12F2N2O2. The molecule has 116 valence electrons. The highest BCUT2D eigenvalue weighted by atomic mass is 19.2. The lowest BCUT2D eigenvalue weighted by Gasteiger charge is -2.03. The summed E-state index contributed by atoms with van der Waals surface area (Å²) in [5.74, 6) is -1.92. The maximum atomic E-state index is 13.2. The third kappa shape index (κ3) is 3.11. The van der Waals surface area contributed by atoms with Gasteiger partial charge in [-0.25, -0.2) is 13.8 Å². The molecule has 2 aromatic carbocycles. The van der Waals surface area contributed by atoms with Gasteiger partial charge in [0.2, 0.25) is 5.89 Å². The van der Waals surface area contributed by atoms with Crippen LogP contribution in [0.1, 0.15) is 16.2 Å². The van der Waals surface area contributed by atoms with E-state index in [0.29, 0.717) is 11.7 Å². The summed E-state index contributed by atoms with van der Waals surface area (Å²) in [6, 6.07) is 12.2. The average molecular weight is 314 g/mol. The normalized spacial score (nSPS) is 10.6. The van der Waals surface area contributed by atoms with Gasteiger partial charge in [0, 0.05) is 17.3 Å². The first-order valence-electron chi connectivity index (χ1n) is 6.84. The van der Waals surface area contributed by atoms with Gasteiger partial charge >= 0.3 is 0 Å². The van der Waals surface area contributed by atoms with Gasteiger partial charge in [0.15, 0.2) is 17.3 Å². The number of nitrogens with one attached hydrogen (secondary N) is 1. The van der Waals surface area contributed by atoms with Crippen LogP contribution in [0.2, 0.25) is 0 Å². The van der Waals surface area contributed by atoms with Crippen LogP contribution in [0.25, 0.3) is 11.5 Å². The van der Waals surface area contributed by atoms with E-state index in [2.05, 4.69) is 10.3 Å². The summed E-state index contributed by atoms with van der Waals surface area (Å²) in [6.07, 6.45) is 0. The fourth-order valence-electron chi connectivity index (χ4n) is 2.08. The molecule has 0 aliphatic heterocycles. The van der Waals surface area contributed by atoms with Crippen molar-refractivity contribution in [3.63, 3.8) is 0 Å². The van der Waals surface area contributed by atoms with Gasteiger partial charge in [-0.3, -0.25) is 4.79 Å². The zero-order valence-corrected chi connectivity index (χ0v) is 12.1. The molecule has 0 aliphatic carbocycles. The molecule has 0 aliphatic rings. The third-order valence-electron chi connectivity index (χ3n) is 3.21. The Bertz CT molecular complexity index is 860. The Morgan fingerprint density at radius 3 is 2.52 bits per heavy atom. The van der Waals surface area contributed by atoms with Gasteiger partial charge in [-0.1, -0.05) is 18.2 Å². The van der Waals surface area contributed by atoms with Crippen molar-refractivity contribution < 1.29 is 18.0 Å². The van der Waals surface area contributed by atoms with Crippen LogP contribution in [0.5, 0.6) is 0 Å². The Kier molecular flexibility index (Phi) is 3.89. The number of hydrogen-bond acceptors (Lipinski definition) is 3. The minimum atomic E-state index is -1.04. The number of carbonyl (C=O) groups excluding carboxylic acids is 1. The van der Waals surface area contributed by atoms with Crippen molar-refractivity contribution >= 4 is 11.6 Å². The smallest absolute Gasteiger partial charge is 0.277 e. The van der Waals surface area contributed by atoms with Gasteiger partial charge in [-0.15, -0.1) is 0 Å². The fourth-order valence-corrected chi connectivity index (χ4v) is 2.08. The molecule has 0 unspecified atom stereocenters. The van der Waals surface area contributed by atoms with Crippen molar-refractivity contribution in [2.75, 3.05) is 5.32 Å². The fraction of sp³-hybridized carbons (Fsp3) is 0.0588. The van der Waals surface area contributed by atoms with Crippen LogP contribution in [0, 0.1) is 18.6 Å². The quantitative estimate of drug-likeness (QED) is 0.789. The molecule has 1 aromatic heterocycles. The van der Waals surface area contributed by atoms with Crippen LogP contribution in [0.4, 0.5) is 14.5 Å². The molecule has 0 saturated carbocycles. The molecule has 1 N–H and O–H groups in total. The van der Waals surface area contributed by atoms with Crippen LogP contribution < -0.4 is 5.32 Å². The number of hydrogen-bond donors (Lipinski definition) is 1. The molecule has 0 spiro atoms. The number of rotatable bonds is 3. The van der Waals surface area contributed by atoms with Crippen molar-refractivity contribution in [3.8, 4) is 11.5 Å². The molecule has 0 saturated heterocycles. The van der Waals surface area contributed by atoms with Crippen molar-refractivity contribution in [1.29, 1.82) is 0 Å². The van der Waals surface area contributed by atoms with E-state index in [0.717, 1.165) is 17.7 Å². The van der Waals surface area contributed by atoms with Crippen LogP contribution in [-0.4, -0.2) is 10.9 Å². The van der Waals surface area contributed by atoms with Crippen LogP contribution in [0.3, 0.4) is 0 Å². The molecule has 1 amide bonds. The number of aromatic nitrogens is 1. The predicted molar refractivity (Wildman–Crippen MR) is 81.0 cm³/mol. The maximum absolute atomic E-state index is 13.2. The zero-order valence-electron chi connectivity index (χ0n) is 12.1. The van der Waals surface area contributed by atoms with Gasteiger partial charge in [0.1, 0.15) is 5.76 Å². The van der Waals surface area contributed by atoms with E-state index in [1.165, 1.54) is 6.07 Å². The number of oxazole rings is 1. The predicted octanol–water partition coefficient (Wildman–Crippen LogP) is 4.18. The number of carbonyl (C=O) groups is 1. The molecule has 4 nitrogen and oxygen atoms in total. The molecule has 3 aromatic rings. The highest BCUT2D eigenvalue weighted by Gasteiger charge is 2.18. The largest absolute Gasteiger partial charge is 0.441 e. The molecule has 6 heteroatoms. The van der Waals surface area contributed by atoms with E-state index in [1.807, 2.05) is 30.3 Å². The lowest BCUT2D eigenvalue weighted by molar-refractivity contribution is 0.102. The van der Waals surface area contributed by atoms with Crippen molar-refractivity contribution in [2.24, 2.45) is 0 Å². The second kappa shape index (κ2) is 6.00. The molecule has 0 atom stereocenters. The van der Waals surface area contributed by atoms with Crippen molar-refractivity contribution in [2.45, 2.75) is 6.92 Å². The van der Waals surface area contributed by atoms with E-state index >= 15 is 0 Å². The Morgan fingerprint density at radius 2 is 1.83 bits per heavy atom. The number of amides is 1. The van der Waals surface area contributed by atoms with E-state index in [-0.39, 0.29) is 11.4 Å². The van der Waals surface area contributed by atoms with Gasteiger partial charge in [0.25, 0.3) is 5.91 Å². The average Bonchev–Trinajstić information content (AvgIpc) is 2.94. The minimum Gasteiger partial charge on any atom is -0.441 e. The topological polar surface area (TPSA) is 55.1 Å². The summed E-state index contributed by atoms with van der Waals surface area (Å²) < 4.78 is 31.6. The van der Waals surface area contributed by atoms with Crippen LogP contribution in [-0.2, 0) is 0 Å². The lowest BCUT2D eigenvalue weighted by atomic mass is 10.2. The maximum Gasteiger partial charge on any atom is 0.277 e. The van der Waals surface area contributed by atoms with E-state index < -0.39 is 17.5 Å². The van der Waals surface area contributed by atoms with E-state index in [9.17, 15) is 13.6 Å². The molecular weight excluding hydrogens is 302 g/mol. The van der Waals surface area contributed by atoms with Crippen molar-refractivity contribution in [1.82, 2.24) is 4.98 Å². The summed E-state index contributed by atoms with van der Waals surface area (Å²) in [5, 5.41) is 2.46. The molecule has 23 heavy (non-hydrogen) atoms. The first-order valence-corrected chi connectivity index (χ1v) is 6.84. The lowest BCUT2D eigenvalue weighted by Crippen LogP contribution is -2.13. The van der Waals surface area contributed by atoms with E-state index in [1.54, 1.807) is 6.92 Å². The monoisotopic (exact) mass is 314 g/mol. The summed E-state index contributed by atoms with van der Waals surface area (Å²) in [6.45, 7) is 1.61. The number of anilines is 1. The Hall–Kier alpha value is -3.02. The van der Waals surface area contributed by atoms with Gasteiger partial charge in [-0.2, -0.15) is 0 Å². The minimum absolute atomic E-state index is 0.0913. The van der Waals surface area contributed by atoms with Gasteiger partial charge < -0.3 is 9.73 Å². The molecule has 0 radical (unpaired) electrons. The van der Waals surface area contributed by atoms with Crippen molar-refractivity contribution in [3.05, 3.63) is 71.6 Å². The first kappa shape index (κ1) is 14.9. The Morgan fingerprint density at radius 1 is 1.09 bits per heavy atom. The highest BCUT2D eigenvalue weighted by Crippen LogP contribution is 2.22. The molecule has 0 fully saturated rings. The standard InChI is InChI=1S/C17H12F2N2O2/c1-10-15(21-17(23-10)11-5-3-2-4-6-11)16(22)20-12-7-8-13(18)14(19)9-12/h2-9H,1H3,(H,20,22). The Labute approximate surface area is 130 Å². The molecule has 0 bridgehead atoms. The molecule has 1 heterocycles. The SMILES string of the molecule is Cc1oc(-c2ccccc2)nc1C(=O)Nc1ccc(F)c(F)c1. The second-order valence-corrected chi connectivity index (χ2v) is 4.87. The third-order valence-corrected chi connectivity index (χ3v) is 3.21. The van der Waals surface area contributed by atoms with Crippen LogP contribution in [0.15, 0.2) is 52.9 Å². The number of halogens is 2. The Balaban J connectivity index is 1.85. The summed E-state index contributed by atoms with van der Waals surface area (Å²) in [7, 11) is 0. The van der Waals surface area contributed by atoms with Gasteiger partial charge in [0.05, 0.1) is 0 Å². The first-order chi connectivity index (χ1) is 11.0. The van der Waals surface area contributed by atoms with Crippen LogP contribution >= 0.6 is 0 Å². The zero-order chi connectivity index (χ0) is 16.4. The summed E-state index contributed by atoms with van der Waals surface area (Å²) >= 11 is 0. The summed E-state index contributed by atoms with van der Waals surface area (Å²) in [5.41, 5.74) is 0.966. The highest BCUT2D eigenvalue weighted by molar-refractivity contribution is 6.03. The van der Waals surface area contributed by atoms with E-state index in [4.69, 9.17) is 4.42 Å². The molecule has 3 rings (SSSR count). The number of nitrogens with zero attached hydrogens (tertiary/aromatic N) is 1. The number of aryl methyl sites for hydroxylation is 1. The van der Waals surface area contributed by atoms with Gasteiger partial charge in [-0.05, 0) is 31.2 Å². The summed E-state index contributed by atoms with van der Waals surface area (Å²) in [4.78, 5) is 16.4.